The van der Waals surface area contributed by atoms with Gasteiger partial charge in [-0.25, -0.2) is 4.79 Å². The number of amides is 4. The third-order valence-electron chi connectivity index (χ3n) is 7.14. The van der Waals surface area contributed by atoms with Crippen molar-refractivity contribution in [3.8, 4) is 0 Å². The standard InChI is InChI=1S/C27H33N3O3/c1-20-11-8-9-18-27(20)25(32)30(26(33)29-27)19-24(31)28-23(22-15-6-3-7-16-22)17-10-14-21-12-4-2-5-13-21/h2-7,12-13,15-16,20,23H,8-11,14,17-19H2,1H3,(H,28,31)(H,29,33). The molecule has 3 atom stereocenters. The Balaban J connectivity index is 1.40. The Kier molecular flexibility index (Phi) is 7.11. The van der Waals surface area contributed by atoms with Gasteiger partial charge in [-0.1, -0.05) is 80.4 Å². The van der Waals surface area contributed by atoms with Crippen molar-refractivity contribution in [3.63, 3.8) is 0 Å². The van der Waals surface area contributed by atoms with Crippen molar-refractivity contribution in [3.05, 3.63) is 71.8 Å². The van der Waals surface area contributed by atoms with Gasteiger partial charge in [0.05, 0.1) is 6.04 Å². The lowest BCUT2D eigenvalue weighted by atomic mass is 9.73. The van der Waals surface area contributed by atoms with Gasteiger partial charge in [-0.05, 0) is 49.1 Å². The molecule has 33 heavy (non-hydrogen) atoms. The first-order valence-electron chi connectivity index (χ1n) is 12.0. The van der Waals surface area contributed by atoms with Crippen LogP contribution in [-0.4, -0.2) is 34.8 Å². The normalized spacial score (nSPS) is 23.4. The third-order valence-corrected chi connectivity index (χ3v) is 7.14. The topological polar surface area (TPSA) is 78.5 Å². The molecular weight excluding hydrogens is 414 g/mol. The molecule has 1 heterocycles. The quantitative estimate of drug-likeness (QED) is 0.590. The summed E-state index contributed by atoms with van der Waals surface area (Å²) in [5, 5.41) is 6.00. The molecule has 2 aliphatic rings. The molecule has 2 fully saturated rings. The van der Waals surface area contributed by atoms with Gasteiger partial charge >= 0.3 is 6.03 Å². The maximum absolute atomic E-state index is 13.2. The molecule has 0 aromatic heterocycles. The van der Waals surface area contributed by atoms with Crippen LogP contribution in [0.15, 0.2) is 60.7 Å². The second-order valence-corrected chi connectivity index (χ2v) is 9.35. The minimum Gasteiger partial charge on any atom is -0.348 e. The molecule has 0 bridgehead atoms. The first-order chi connectivity index (χ1) is 16.0. The zero-order valence-electron chi connectivity index (χ0n) is 19.3. The zero-order valence-corrected chi connectivity index (χ0v) is 19.3. The fourth-order valence-corrected chi connectivity index (χ4v) is 5.19. The van der Waals surface area contributed by atoms with Crippen LogP contribution in [0.1, 0.15) is 62.6 Å². The summed E-state index contributed by atoms with van der Waals surface area (Å²) in [6, 6.07) is 19.5. The van der Waals surface area contributed by atoms with Gasteiger partial charge in [0, 0.05) is 0 Å². The molecule has 1 saturated heterocycles. The van der Waals surface area contributed by atoms with Crippen LogP contribution in [-0.2, 0) is 16.0 Å². The fraction of sp³-hybridized carbons (Fsp3) is 0.444. The Labute approximate surface area is 195 Å². The molecule has 1 saturated carbocycles. The molecule has 6 heteroatoms. The first kappa shape index (κ1) is 23.0. The highest BCUT2D eigenvalue weighted by atomic mass is 16.2. The van der Waals surface area contributed by atoms with Crippen molar-refractivity contribution in [1.82, 2.24) is 15.5 Å². The molecule has 4 amide bonds. The van der Waals surface area contributed by atoms with Crippen LogP contribution in [0, 0.1) is 5.92 Å². The Morgan fingerprint density at radius 1 is 1.09 bits per heavy atom. The van der Waals surface area contributed by atoms with E-state index in [0.29, 0.717) is 6.42 Å². The van der Waals surface area contributed by atoms with Crippen LogP contribution in [0.3, 0.4) is 0 Å². The van der Waals surface area contributed by atoms with Crippen LogP contribution >= 0.6 is 0 Å². The van der Waals surface area contributed by atoms with E-state index < -0.39 is 11.6 Å². The molecule has 1 aliphatic carbocycles. The van der Waals surface area contributed by atoms with Gasteiger partial charge in [0.15, 0.2) is 0 Å². The Hall–Kier alpha value is -3.15. The summed E-state index contributed by atoms with van der Waals surface area (Å²) in [6.07, 6.45) is 6.13. The summed E-state index contributed by atoms with van der Waals surface area (Å²) < 4.78 is 0. The molecule has 2 aromatic carbocycles. The maximum Gasteiger partial charge on any atom is 0.325 e. The summed E-state index contributed by atoms with van der Waals surface area (Å²) in [5.41, 5.74) is 1.44. The summed E-state index contributed by atoms with van der Waals surface area (Å²) in [7, 11) is 0. The number of carbonyl (C=O) groups is 3. The van der Waals surface area contributed by atoms with E-state index in [1.54, 1.807) is 0 Å². The highest BCUT2D eigenvalue weighted by Gasteiger charge is 2.55. The number of hydrogen-bond donors (Lipinski definition) is 2. The van der Waals surface area contributed by atoms with E-state index in [9.17, 15) is 14.4 Å². The van der Waals surface area contributed by atoms with Crippen molar-refractivity contribution in [2.45, 2.75) is 63.5 Å². The summed E-state index contributed by atoms with van der Waals surface area (Å²) in [4.78, 5) is 39.9. The number of aryl methyl sites for hydroxylation is 1. The SMILES string of the molecule is CC1CCCCC12NC(=O)N(CC(=O)NC(CCCc1ccccc1)c1ccccc1)C2=O. The van der Waals surface area contributed by atoms with Gasteiger partial charge in [-0.3, -0.25) is 14.5 Å². The predicted octanol–water partition coefficient (Wildman–Crippen LogP) is 4.37. The molecular formula is C27H33N3O3. The van der Waals surface area contributed by atoms with E-state index in [0.717, 1.165) is 49.0 Å². The molecule has 1 aliphatic heterocycles. The molecule has 0 radical (unpaired) electrons. The van der Waals surface area contributed by atoms with Gasteiger partial charge < -0.3 is 10.6 Å². The average molecular weight is 448 g/mol. The molecule has 1 spiro atoms. The minimum atomic E-state index is -0.843. The summed E-state index contributed by atoms with van der Waals surface area (Å²) in [6.45, 7) is 1.76. The van der Waals surface area contributed by atoms with Gasteiger partial charge in [0.1, 0.15) is 12.1 Å². The number of carbonyl (C=O) groups excluding carboxylic acids is 3. The highest BCUT2D eigenvalue weighted by molar-refractivity contribution is 6.09. The van der Waals surface area contributed by atoms with Crippen LogP contribution in [0.2, 0.25) is 0 Å². The first-order valence-corrected chi connectivity index (χ1v) is 12.0. The lowest BCUT2D eigenvalue weighted by Crippen LogP contribution is -2.54. The van der Waals surface area contributed by atoms with E-state index in [1.165, 1.54) is 5.56 Å². The Morgan fingerprint density at radius 2 is 1.79 bits per heavy atom. The number of nitrogens with one attached hydrogen (secondary N) is 2. The van der Waals surface area contributed by atoms with Crippen molar-refractivity contribution < 1.29 is 14.4 Å². The smallest absolute Gasteiger partial charge is 0.325 e. The van der Waals surface area contributed by atoms with Gasteiger partial charge in [-0.2, -0.15) is 0 Å². The predicted molar refractivity (Wildman–Crippen MR) is 127 cm³/mol. The third kappa shape index (κ3) is 5.10. The largest absolute Gasteiger partial charge is 0.348 e. The molecule has 6 nitrogen and oxygen atoms in total. The van der Waals surface area contributed by atoms with Crippen molar-refractivity contribution in [1.29, 1.82) is 0 Å². The van der Waals surface area contributed by atoms with Crippen LogP contribution in [0.5, 0.6) is 0 Å². The number of nitrogens with zero attached hydrogens (tertiary/aromatic N) is 1. The van der Waals surface area contributed by atoms with E-state index >= 15 is 0 Å². The number of benzene rings is 2. The van der Waals surface area contributed by atoms with Crippen LogP contribution in [0.25, 0.3) is 0 Å². The molecule has 2 N–H and O–H groups in total. The second-order valence-electron chi connectivity index (χ2n) is 9.35. The Morgan fingerprint density at radius 3 is 2.48 bits per heavy atom. The van der Waals surface area contributed by atoms with Crippen molar-refractivity contribution in [2.75, 3.05) is 6.54 Å². The lowest BCUT2D eigenvalue weighted by molar-refractivity contribution is -0.137. The van der Waals surface area contributed by atoms with E-state index in [-0.39, 0.29) is 30.3 Å². The van der Waals surface area contributed by atoms with Gasteiger partial charge in [0.2, 0.25) is 5.91 Å². The van der Waals surface area contributed by atoms with Crippen molar-refractivity contribution in [2.24, 2.45) is 5.92 Å². The summed E-state index contributed by atoms with van der Waals surface area (Å²) >= 11 is 0. The number of rotatable bonds is 8. The average Bonchev–Trinajstić information content (AvgIpc) is 3.06. The lowest BCUT2D eigenvalue weighted by Gasteiger charge is -2.36. The van der Waals surface area contributed by atoms with Crippen molar-refractivity contribution >= 4 is 17.8 Å². The molecule has 4 rings (SSSR count). The zero-order chi connectivity index (χ0) is 23.3. The van der Waals surface area contributed by atoms with Crippen LogP contribution in [0.4, 0.5) is 4.79 Å². The van der Waals surface area contributed by atoms with Crippen LogP contribution < -0.4 is 10.6 Å². The van der Waals surface area contributed by atoms with Gasteiger partial charge in [-0.15, -0.1) is 0 Å². The van der Waals surface area contributed by atoms with Gasteiger partial charge in [0.25, 0.3) is 5.91 Å². The Bertz CT molecular complexity index is 979. The fourth-order valence-electron chi connectivity index (χ4n) is 5.19. The maximum atomic E-state index is 13.2. The molecule has 3 unspecified atom stereocenters. The monoisotopic (exact) mass is 447 g/mol. The number of imide groups is 1. The number of hydrogen-bond acceptors (Lipinski definition) is 3. The molecule has 2 aromatic rings. The molecule has 174 valence electrons. The van der Waals surface area contributed by atoms with E-state index in [2.05, 4.69) is 22.8 Å². The van der Waals surface area contributed by atoms with E-state index in [4.69, 9.17) is 0 Å². The minimum absolute atomic E-state index is 0.0748. The highest BCUT2D eigenvalue weighted by Crippen LogP contribution is 2.38. The number of urea groups is 1. The summed E-state index contributed by atoms with van der Waals surface area (Å²) in [5.74, 6) is -0.492. The second kappa shape index (κ2) is 10.2. The van der Waals surface area contributed by atoms with E-state index in [1.807, 2.05) is 55.5 Å².